The third kappa shape index (κ3) is 2.15. The zero-order valence-electron chi connectivity index (χ0n) is 9.49. The molecule has 17 heavy (non-hydrogen) atoms. The van der Waals surface area contributed by atoms with Crippen molar-refractivity contribution in [3.63, 3.8) is 0 Å². The molecular formula is C11H14N4O2. The lowest BCUT2D eigenvalue weighted by atomic mass is 10.3. The van der Waals surface area contributed by atoms with Crippen molar-refractivity contribution in [2.75, 3.05) is 12.8 Å². The molecule has 2 rings (SSSR count). The number of nitrogen functional groups attached to an aromatic ring is 1. The number of aromatic amines is 1. The zero-order chi connectivity index (χ0) is 12.4. The lowest BCUT2D eigenvalue weighted by molar-refractivity contribution is -0.120. The summed E-state index contributed by atoms with van der Waals surface area (Å²) in [5, 5.41) is 2.52. The van der Waals surface area contributed by atoms with Gasteiger partial charge in [0.15, 0.2) is 0 Å². The van der Waals surface area contributed by atoms with Gasteiger partial charge < -0.3 is 16.0 Å². The van der Waals surface area contributed by atoms with Gasteiger partial charge in [0.2, 0.25) is 5.91 Å². The second-order valence-electron chi connectivity index (χ2n) is 3.78. The topological polar surface area (TPSA) is 92.9 Å². The Kier molecular flexibility index (Phi) is 2.86. The van der Waals surface area contributed by atoms with Crippen molar-refractivity contribution in [2.45, 2.75) is 13.0 Å². The van der Waals surface area contributed by atoms with E-state index in [0.717, 1.165) is 11.0 Å². The average Bonchev–Trinajstić information content (AvgIpc) is 2.61. The van der Waals surface area contributed by atoms with E-state index in [9.17, 15) is 9.59 Å². The van der Waals surface area contributed by atoms with E-state index in [2.05, 4.69) is 10.3 Å². The minimum atomic E-state index is -0.227. The Morgan fingerprint density at radius 2 is 2.29 bits per heavy atom. The van der Waals surface area contributed by atoms with E-state index in [1.165, 1.54) is 4.57 Å². The number of H-pyrrole nitrogens is 1. The van der Waals surface area contributed by atoms with E-state index >= 15 is 0 Å². The molecule has 6 nitrogen and oxygen atoms in total. The molecule has 90 valence electrons. The molecule has 1 amide bonds. The monoisotopic (exact) mass is 234 g/mol. The first-order chi connectivity index (χ1) is 8.11. The van der Waals surface area contributed by atoms with Crippen LogP contribution >= 0.6 is 0 Å². The second kappa shape index (κ2) is 4.32. The number of rotatable bonds is 3. The molecule has 0 saturated heterocycles. The fourth-order valence-corrected chi connectivity index (χ4v) is 1.73. The van der Waals surface area contributed by atoms with Crippen LogP contribution in [0.1, 0.15) is 6.42 Å². The highest BCUT2D eigenvalue weighted by Gasteiger charge is 2.08. The number of hydrogen-bond acceptors (Lipinski definition) is 3. The van der Waals surface area contributed by atoms with Crippen LogP contribution in [-0.4, -0.2) is 22.5 Å². The third-order valence-electron chi connectivity index (χ3n) is 2.64. The molecule has 1 heterocycles. The van der Waals surface area contributed by atoms with Crippen LogP contribution in [0.15, 0.2) is 23.0 Å². The summed E-state index contributed by atoms with van der Waals surface area (Å²) in [4.78, 5) is 25.6. The van der Waals surface area contributed by atoms with E-state index in [-0.39, 0.29) is 18.0 Å². The van der Waals surface area contributed by atoms with Crippen LogP contribution in [-0.2, 0) is 11.3 Å². The maximum atomic E-state index is 11.7. The SMILES string of the molecule is CNC(=O)CCn1c(=O)[nH]c2ccc(N)cc21. The van der Waals surface area contributed by atoms with Gasteiger partial charge in [-0.15, -0.1) is 0 Å². The van der Waals surface area contributed by atoms with Crippen molar-refractivity contribution >= 4 is 22.6 Å². The number of fused-ring (bicyclic) bond motifs is 1. The molecule has 0 aliphatic heterocycles. The summed E-state index contributed by atoms with van der Waals surface area (Å²) in [5.74, 6) is -0.102. The number of carbonyl (C=O) groups excluding carboxylic acids is 1. The highest BCUT2D eigenvalue weighted by molar-refractivity contribution is 5.79. The minimum absolute atomic E-state index is 0.102. The molecule has 4 N–H and O–H groups in total. The maximum absolute atomic E-state index is 11.7. The first-order valence-corrected chi connectivity index (χ1v) is 5.30. The largest absolute Gasteiger partial charge is 0.399 e. The number of anilines is 1. The third-order valence-corrected chi connectivity index (χ3v) is 2.64. The van der Waals surface area contributed by atoms with Crippen molar-refractivity contribution in [3.8, 4) is 0 Å². The lowest BCUT2D eigenvalue weighted by Crippen LogP contribution is -2.23. The number of aryl methyl sites for hydroxylation is 1. The van der Waals surface area contributed by atoms with Crippen LogP contribution in [0, 0.1) is 0 Å². The normalized spacial score (nSPS) is 10.6. The smallest absolute Gasteiger partial charge is 0.326 e. The van der Waals surface area contributed by atoms with Crippen LogP contribution in [0.4, 0.5) is 5.69 Å². The molecule has 0 radical (unpaired) electrons. The summed E-state index contributed by atoms with van der Waals surface area (Å²) < 4.78 is 1.51. The molecule has 0 aliphatic carbocycles. The summed E-state index contributed by atoms with van der Waals surface area (Å²) >= 11 is 0. The number of carbonyl (C=O) groups is 1. The number of imidazole rings is 1. The van der Waals surface area contributed by atoms with Gasteiger partial charge in [-0.1, -0.05) is 0 Å². The van der Waals surface area contributed by atoms with Gasteiger partial charge in [0.1, 0.15) is 0 Å². The van der Waals surface area contributed by atoms with Gasteiger partial charge in [-0.05, 0) is 18.2 Å². The summed E-state index contributed by atoms with van der Waals surface area (Å²) in [6, 6.07) is 5.20. The lowest BCUT2D eigenvalue weighted by Gasteiger charge is -2.03. The molecule has 1 aromatic carbocycles. The molecule has 0 spiro atoms. The Balaban J connectivity index is 2.38. The van der Waals surface area contributed by atoms with Crippen LogP contribution in [0.3, 0.4) is 0 Å². The highest BCUT2D eigenvalue weighted by Crippen LogP contribution is 2.14. The molecule has 0 atom stereocenters. The van der Waals surface area contributed by atoms with Crippen molar-refractivity contribution < 1.29 is 4.79 Å². The van der Waals surface area contributed by atoms with Gasteiger partial charge in [0, 0.05) is 25.7 Å². The summed E-state index contributed by atoms with van der Waals surface area (Å²) in [5.41, 5.74) is 7.48. The number of aromatic nitrogens is 2. The Morgan fingerprint density at radius 3 is 3.00 bits per heavy atom. The number of hydrogen-bond donors (Lipinski definition) is 3. The van der Waals surface area contributed by atoms with Crippen molar-refractivity contribution in [1.29, 1.82) is 0 Å². The molecule has 0 bridgehead atoms. The standard InChI is InChI=1S/C11H14N4O2/c1-13-10(16)4-5-15-9-6-7(12)2-3-8(9)14-11(15)17/h2-3,6H,4-5,12H2,1H3,(H,13,16)(H,14,17). The molecule has 0 unspecified atom stereocenters. The average molecular weight is 234 g/mol. The van der Waals surface area contributed by atoms with Crippen molar-refractivity contribution in [3.05, 3.63) is 28.7 Å². The molecule has 0 aliphatic rings. The Morgan fingerprint density at radius 1 is 1.53 bits per heavy atom. The first kappa shape index (κ1) is 11.3. The fraction of sp³-hybridized carbons (Fsp3) is 0.273. The molecular weight excluding hydrogens is 220 g/mol. The summed E-state index contributed by atoms with van der Waals surface area (Å²) in [7, 11) is 1.57. The summed E-state index contributed by atoms with van der Waals surface area (Å²) in [6.07, 6.45) is 0.262. The van der Waals surface area contributed by atoms with Gasteiger partial charge in [-0.3, -0.25) is 9.36 Å². The molecule has 0 saturated carbocycles. The van der Waals surface area contributed by atoms with E-state index < -0.39 is 0 Å². The highest BCUT2D eigenvalue weighted by atomic mass is 16.2. The number of benzene rings is 1. The zero-order valence-corrected chi connectivity index (χ0v) is 9.49. The van der Waals surface area contributed by atoms with E-state index in [1.807, 2.05) is 0 Å². The van der Waals surface area contributed by atoms with Crippen molar-refractivity contribution in [2.24, 2.45) is 0 Å². The number of nitrogens with zero attached hydrogens (tertiary/aromatic N) is 1. The molecule has 2 aromatic rings. The van der Waals surface area contributed by atoms with Crippen LogP contribution < -0.4 is 16.7 Å². The van der Waals surface area contributed by atoms with Crippen LogP contribution in [0.5, 0.6) is 0 Å². The minimum Gasteiger partial charge on any atom is -0.399 e. The predicted molar refractivity (Wildman–Crippen MR) is 65.7 cm³/mol. The second-order valence-corrected chi connectivity index (χ2v) is 3.78. The summed E-state index contributed by atoms with van der Waals surface area (Å²) in [6.45, 7) is 0.335. The van der Waals surface area contributed by atoms with E-state index in [0.29, 0.717) is 12.2 Å². The molecule has 1 aromatic heterocycles. The number of nitrogens with one attached hydrogen (secondary N) is 2. The van der Waals surface area contributed by atoms with E-state index in [4.69, 9.17) is 5.73 Å². The van der Waals surface area contributed by atoms with Gasteiger partial charge in [0.25, 0.3) is 0 Å². The predicted octanol–water partition coefficient (Wildman–Crippen LogP) is 0.0479. The Hall–Kier alpha value is -2.24. The van der Waals surface area contributed by atoms with Gasteiger partial charge in [-0.2, -0.15) is 0 Å². The van der Waals surface area contributed by atoms with Crippen LogP contribution in [0.2, 0.25) is 0 Å². The fourth-order valence-electron chi connectivity index (χ4n) is 1.73. The van der Waals surface area contributed by atoms with Gasteiger partial charge in [-0.25, -0.2) is 4.79 Å². The quantitative estimate of drug-likeness (QED) is 0.655. The Bertz CT molecular complexity index is 611. The van der Waals surface area contributed by atoms with Crippen LogP contribution in [0.25, 0.3) is 11.0 Å². The van der Waals surface area contributed by atoms with Gasteiger partial charge >= 0.3 is 5.69 Å². The van der Waals surface area contributed by atoms with Gasteiger partial charge in [0.05, 0.1) is 11.0 Å². The Labute approximate surface area is 97.4 Å². The number of amides is 1. The van der Waals surface area contributed by atoms with E-state index in [1.54, 1.807) is 25.2 Å². The molecule has 0 fully saturated rings. The number of nitrogens with two attached hydrogens (primary N) is 1. The first-order valence-electron chi connectivity index (χ1n) is 5.30. The maximum Gasteiger partial charge on any atom is 0.326 e. The molecule has 6 heteroatoms. The van der Waals surface area contributed by atoms with Crippen molar-refractivity contribution in [1.82, 2.24) is 14.9 Å².